The number of aryl methyl sites for hydroxylation is 2. The van der Waals surface area contributed by atoms with E-state index in [0.717, 1.165) is 22.4 Å². The molecule has 3 amide bonds. The summed E-state index contributed by atoms with van der Waals surface area (Å²) in [5.41, 5.74) is 3.49. The number of rotatable bonds is 7. The van der Waals surface area contributed by atoms with Gasteiger partial charge in [0.2, 0.25) is 5.91 Å². The summed E-state index contributed by atoms with van der Waals surface area (Å²) in [6, 6.07) is 16.8. The Morgan fingerprint density at radius 3 is 2.12 bits per heavy atom. The van der Waals surface area contributed by atoms with Crippen molar-refractivity contribution >= 4 is 29.1 Å². The van der Waals surface area contributed by atoms with Crippen LogP contribution >= 0.6 is 0 Å². The van der Waals surface area contributed by atoms with Crippen molar-refractivity contribution in [2.45, 2.75) is 32.7 Å². The maximum atomic E-state index is 13.5. The normalized spacial score (nSPS) is 13.5. The molecule has 0 fully saturated rings. The maximum Gasteiger partial charge on any atom is 0.269 e. The van der Waals surface area contributed by atoms with E-state index >= 15 is 0 Å². The van der Waals surface area contributed by atoms with Crippen molar-refractivity contribution in [2.24, 2.45) is 0 Å². The number of imide groups is 1. The van der Waals surface area contributed by atoms with Crippen molar-refractivity contribution in [1.82, 2.24) is 4.90 Å². The molecule has 0 radical (unpaired) electrons. The van der Waals surface area contributed by atoms with Crippen LogP contribution in [0.15, 0.2) is 66.7 Å². The highest BCUT2D eigenvalue weighted by Gasteiger charge is 2.42. The zero-order valence-corrected chi connectivity index (χ0v) is 18.8. The Kier molecular flexibility index (Phi) is 6.23. The molecule has 0 aliphatic carbocycles. The Balaban J connectivity index is 1.69. The summed E-state index contributed by atoms with van der Waals surface area (Å²) in [5, 5.41) is 13.9. The molecule has 1 aliphatic rings. The zero-order chi connectivity index (χ0) is 24.4. The van der Waals surface area contributed by atoms with Crippen LogP contribution in [0, 0.1) is 17.0 Å². The highest BCUT2D eigenvalue weighted by atomic mass is 16.6. The smallest absolute Gasteiger partial charge is 0.269 e. The van der Waals surface area contributed by atoms with Gasteiger partial charge in [-0.15, -0.1) is 0 Å². The zero-order valence-electron chi connectivity index (χ0n) is 18.8. The summed E-state index contributed by atoms with van der Waals surface area (Å²) < 4.78 is 0. The number of non-ortho nitro benzene ring substituents is 1. The number of nitro benzene ring substituents is 1. The predicted molar refractivity (Wildman–Crippen MR) is 127 cm³/mol. The lowest BCUT2D eigenvalue weighted by molar-refractivity contribution is -0.384. The first-order chi connectivity index (χ1) is 16.3. The molecule has 3 aromatic carbocycles. The van der Waals surface area contributed by atoms with Gasteiger partial charge in [-0.05, 0) is 48.2 Å². The lowest BCUT2D eigenvalue weighted by Gasteiger charge is -2.26. The minimum Gasteiger partial charge on any atom is -0.324 e. The molecule has 0 unspecified atom stereocenters. The minimum atomic E-state index is -1.14. The number of carbonyl (C=O) groups is 3. The number of carbonyl (C=O) groups excluding carboxylic acids is 3. The molecule has 0 bridgehead atoms. The number of hydrogen-bond acceptors (Lipinski definition) is 5. The van der Waals surface area contributed by atoms with Crippen molar-refractivity contribution in [3.63, 3.8) is 0 Å². The van der Waals surface area contributed by atoms with E-state index in [4.69, 9.17) is 0 Å². The number of hydrogen-bond donors (Lipinski definition) is 1. The van der Waals surface area contributed by atoms with Crippen LogP contribution in [0.25, 0.3) is 0 Å². The number of anilines is 1. The summed E-state index contributed by atoms with van der Waals surface area (Å²) in [4.78, 5) is 51.3. The van der Waals surface area contributed by atoms with Gasteiger partial charge in [0.15, 0.2) is 0 Å². The van der Waals surface area contributed by atoms with E-state index in [1.807, 2.05) is 32.0 Å². The molecule has 8 heteroatoms. The molecule has 1 heterocycles. The van der Waals surface area contributed by atoms with Crippen LogP contribution in [0.4, 0.5) is 11.4 Å². The van der Waals surface area contributed by atoms with Crippen molar-refractivity contribution in [3.05, 3.63) is 105 Å². The van der Waals surface area contributed by atoms with Gasteiger partial charge in [-0.2, -0.15) is 0 Å². The first kappa shape index (κ1) is 22.8. The van der Waals surface area contributed by atoms with Gasteiger partial charge >= 0.3 is 0 Å². The highest BCUT2D eigenvalue weighted by molar-refractivity contribution is 6.23. The van der Waals surface area contributed by atoms with Crippen LogP contribution in [0.5, 0.6) is 0 Å². The standard InChI is InChI=1S/C26H23N3O5/c1-3-17-9-8-16(2)22(14-17)27-24(30)23(15-18-10-12-19(13-11-18)29(33)34)28-25(31)20-6-4-5-7-21(20)26(28)32/h4-14,23H,3,15H2,1-2H3,(H,27,30)/t23-/m1/s1. The van der Waals surface area contributed by atoms with Crippen molar-refractivity contribution in [1.29, 1.82) is 0 Å². The molecule has 8 nitrogen and oxygen atoms in total. The molecule has 0 saturated carbocycles. The average molecular weight is 457 g/mol. The predicted octanol–water partition coefficient (Wildman–Crippen LogP) is 4.31. The van der Waals surface area contributed by atoms with Crippen LogP contribution < -0.4 is 5.32 Å². The van der Waals surface area contributed by atoms with E-state index in [0.29, 0.717) is 11.3 Å². The summed E-state index contributed by atoms with van der Waals surface area (Å²) in [6.07, 6.45) is 0.801. The Hall–Kier alpha value is -4.33. The number of benzene rings is 3. The lowest BCUT2D eigenvalue weighted by atomic mass is 10.0. The number of nitrogens with one attached hydrogen (secondary N) is 1. The van der Waals surface area contributed by atoms with Crippen molar-refractivity contribution in [3.8, 4) is 0 Å². The van der Waals surface area contributed by atoms with Crippen molar-refractivity contribution in [2.75, 3.05) is 5.32 Å². The van der Waals surface area contributed by atoms with E-state index in [-0.39, 0.29) is 23.2 Å². The second kappa shape index (κ2) is 9.27. The number of amides is 3. The Labute approximate surface area is 196 Å². The molecule has 1 atom stereocenters. The third-order valence-electron chi connectivity index (χ3n) is 5.98. The topological polar surface area (TPSA) is 110 Å². The third kappa shape index (κ3) is 4.30. The van der Waals surface area contributed by atoms with Gasteiger partial charge in [-0.1, -0.05) is 43.3 Å². The molecule has 1 aliphatic heterocycles. The van der Waals surface area contributed by atoms with Gasteiger partial charge in [-0.3, -0.25) is 29.4 Å². The third-order valence-corrected chi connectivity index (χ3v) is 5.98. The van der Waals surface area contributed by atoms with Gasteiger partial charge < -0.3 is 5.32 Å². The molecule has 1 N–H and O–H groups in total. The molecule has 34 heavy (non-hydrogen) atoms. The van der Waals surface area contributed by atoms with E-state index in [9.17, 15) is 24.5 Å². The fourth-order valence-electron chi connectivity index (χ4n) is 4.01. The molecule has 0 saturated heterocycles. The summed E-state index contributed by atoms with van der Waals surface area (Å²) in [5.74, 6) is -1.59. The Morgan fingerprint density at radius 1 is 0.971 bits per heavy atom. The number of nitrogens with zero attached hydrogens (tertiary/aromatic N) is 2. The molecular weight excluding hydrogens is 434 g/mol. The molecule has 3 aromatic rings. The SMILES string of the molecule is CCc1ccc(C)c(NC(=O)[C@@H](Cc2ccc([N+](=O)[O-])cc2)N2C(=O)c3ccccc3C2=O)c1. The van der Waals surface area contributed by atoms with Gasteiger partial charge in [0.05, 0.1) is 16.1 Å². The molecule has 172 valence electrons. The monoisotopic (exact) mass is 457 g/mol. The lowest BCUT2D eigenvalue weighted by Crippen LogP contribution is -2.48. The van der Waals surface area contributed by atoms with Crippen LogP contribution in [0.3, 0.4) is 0 Å². The van der Waals surface area contributed by atoms with Crippen LogP contribution in [-0.4, -0.2) is 33.6 Å². The first-order valence-corrected chi connectivity index (χ1v) is 10.9. The molecule has 0 aromatic heterocycles. The maximum absolute atomic E-state index is 13.5. The second-order valence-electron chi connectivity index (χ2n) is 8.16. The van der Waals surface area contributed by atoms with Gasteiger partial charge in [0.1, 0.15) is 6.04 Å². The van der Waals surface area contributed by atoms with E-state index in [2.05, 4.69) is 5.32 Å². The summed E-state index contributed by atoms with van der Waals surface area (Å²) in [6.45, 7) is 3.87. The van der Waals surface area contributed by atoms with Gasteiger partial charge in [0, 0.05) is 24.2 Å². The fraction of sp³-hybridized carbons (Fsp3) is 0.192. The average Bonchev–Trinajstić information content (AvgIpc) is 3.09. The summed E-state index contributed by atoms with van der Waals surface area (Å²) >= 11 is 0. The van der Waals surface area contributed by atoms with Crippen LogP contribution in [0.2, 0.25) is 0 Å². The van der Waals surface area contributed by atoms with Gasteiger partial charge in [-0.25, -0.2) is 0 Å². The van der Waals surface area contributed by atoms with E-state index in [1.54, 1.807) is 24.3 Å². The second-order valence-corrected chi connectivity index (χ2v) is 8.16. The largest absolute Gasteiger partial charge is 0.324 e. The quantitative estimate of drug-likeness (QED) is 0.323. The first-order valence-electron chi connectivity index (χ1n) is 10.9. The van der Waals surface area contributed by atoms with Crippen molar-refractivity contribution < 1.29 is 19.3 Å². The number of fused-ring (bicyclic) bond motifs is 1. The van der Waals surface area contributed by atoms with Gasteiger partial charge in [0.25, 0.3) is 17.5 Å². The molecular formula is C26H23N3O5. The Bertz CT molecular complexity index is 1270. The molecule has 4 rings (SSSR count). The minimum absolute atomic E-state index is 0.0157. The van der Waals surface area contributed by atoms with Crippen LogP contribution in [-0.2, 0) is 17.6 Å². The van der Waals surface area contributed by atoms with E-state index < -0.39 is 28.7 Å². The fourth-order valence-corrected chi connectivity index (χ4v) is 4.01. The Morgan fingerprint density at radius 2 is 1.56 bits per heavy atom. The highest BCUT2D eigenvalue weighted by Crippen LogP contribution is 2.27. The van der Waals surface area contributed by atoms with Crippen LogP contribution in [0.1, 0.15) is 44.3 Å². The molecule has 0 spiro atoms. The summed E-state index contributed by atoms with van der Waals surface area (Å²) in [7, 11) is 0. The number of nitro groups is 1. The van der Waals surface area contributed by atoms with E-state index in [1.165, 1.54) is 24.3 Å².